The first-order chi connectivity index (χ1) is 4.47. The fraction of sp³-hybridized carbons (Fsp3) is 0.111. The molecule has 0 atom stereocenters. The van der Waals surface area contributed by atoms with Crippen LogP contribution in [0.25, 0.3) is 0 Å². The van der Waals surface area contributed by atoms with Gasteiger partial charge in [-0.15, -0.1) is 0 Å². The maximum atomic E-state index is 2.25. The van der Waals surface area contributed by atoms with E-state index in [9.17, 15) is 0 Å². The summed E-state index contributed by atoms with van der Waals surface area (Å²) in [6, 6.07) is 0. The molecule has 0 saturated carbocycles. The molecule has 44 valence electrons. The van der Waals surface area contributed by atoms with E-state index in [-0.39, 0.29) is 0 Å². The largest absolute Gasteiger partial charge is 0.0726 e. The molecule has 0 heteroatoms. The van der Waals surface area contributed by atoms with Crippen LogP contribution in [0.2, 0.25) is 0 Å². The third kappa shape index (κ3) is 0.672. The lowest BCUT2D eigenvalue weighted by atomic mass is 9.92. The van der Waals surface area contributed by atoms with E-state index in [0.29, 0.717) is 0 Å². The average Bonchev–Trinajstić information content (AvgIpc) is 1.94. The molecule has 0 unspecified atom stereocenters. The van der Waals surface area contributed by atoms with Gasteiger partial charge in [0, 0.05) is 0 Å². The number of hydrogen-bond donors (Lipinski definition) is 0. The van der Waals surface area contributed by atoms with Crippen LogP contribution >= 0.6 is 0 Å². The van der Waals surface area contributed by atoms with Gasteiger partial charge in [-0.3, -0.25) is 0 Å². The van der Waals surface area contributed by atoms with Crippen molar-refractivity contribution in [1.82, 2.24) is 0 Å². The van der Waals surface area contributed by atoms with E-state index in [1.807, 2.05) is 0 Å². The van der Waals surface area contributed by atoms with Gasteiger partial charge in [0.2, 0.25) is 0 Å². The Kier molecular flexibility index (Phi) is 0.922. The van der Waals surface area contributed by atoms with Crippen molar-refractivity contribution in [2.45, 2.75) is 6.42 Å². The highest BCUT2D eigenvalue weighted by molar-refractivity contribution is 5.52. The molecule has 0 fully saturated rings. The minimum absolute atomic E-state index is 1.16. The van der Waals surface area contributed by atoms with Crippen LogP contribution < -0.4 is 0 Å². The molecule has 0 aliphatic heterocycles. The Labute approximate surface area is 54.9 Å². The molecule has 0 spiro atoms. The van der Waals surface area contributed by atoms with Gasteiger partial charge in [-0.05, 0) is 17.6 Å². The summed E-state index contributed by atoms with van der Waals surface area (Å²) in [6.45, 7) is 0. The van der Waals surface area contributed by atoms with Crippen molar-refractivity contribution < 1.29 is 0 Å². The molecule has 0 heterocycles. The lowest BCUT2D eigenvalue weighted by Crippen LogP contribution is -1.94. The summed E-state index contributed by atoms with van der Waals surface area (Å²) in [5.74, 6) is 0. The summed E-state index contributed by atoms with van der Waals surface area (Å²) in [5, 5.41) is 0. The molecule has 0 aromatic rings. The fourth-order valence-electron chi connectivity index (χ4n) is 1.07. The van der Waals surface area contributed by atoms with Crippen molar-refractivity contribution in [3.05, 3.63) is 47.6 Å². The summed E-state index contributed by atoms with van der Waals surface area (Å²) in [7, 11) is 0. The second kappa shape index (κ2) is 1.73. The maximum absolute atomic E-state index is 2.25. The predicted molar refractivity (Wildman–Crippen MR) is 39.1 cm³/mol. The summed E-state index contributed by atoms with van der Waals surface area (Å²) in [5.41, 5.74) is 2.88. The smallest absolute Gasteiger partial charge is 0.00825 e. The van der Waals surface area contributed by atoms with Gasteiger partial charge < -0.3 is 0 Å². The molecule has 0 bridgehead atoms. The van der Waals surface area contributed by atoms with Crippen LogP contribution in [0.3, 0.4) is 0 Å². The van der Waals surface area contributed by atoms with Gasteiger partial charge in [-0.25, -0.2) is 0 Å². The Morgan fingerprint density at radius 2 is 2.11 bits per heavy atom. The quantitative estimate of drug-likeness (QED) is 0.455. The molecule has 2 aliphatic rings. The Balaban J connectivity index is 2.45. The van der Waals surface area contributed by atoms with Gasteiger partial charge in [0.1, 0.15) is 0 Å². The normalized spacial score (nSPS) is 21.3. The van der Waals surface area contributed by atoms with Crippen LogP contribution in [0.4, 0.5) is 0 Å². The Hall–Kier alpha value is -1.04. The van der Waals surface area contributed by atoms with Crippen LogP contribution in [-0.4, -0.2) is 0 Å². The van der Waals surface area contributed by atoms with Crippen LogP contribution in [0.1, 0.15) is 6.42 Å². The molecular weight excluding hydrogens is 108 g/mol. The van der Waals surface area contributed by atoms with E-state index in [1.165, 1.54) is 11.1 Å². The van der Waals surface area contributed by atoms with Crippen LogP contribution in [-0.2, 0) is 0 Å². The molecule has 0 saturated heterocycles. The van der Waals surface area contributed by atoms with Crippen molar-refractivity contribution in [2.75, 3.05) is 0 Å². The lowest BCUT2D eigenvalue weighted by molar-refractivity contribution is 1.14. The van der Waals surface area contributed by atoms with Crippen LogP contribution in [0.15, 0.2) is 47.6 Å². The summed E-state index contributed by atoms with van der Waals surface area (Å²) in [4.78, 5) is 0. The molecule has 9 heavy (non-hydrogen) atoms. The molecule has 0 radical (unpaired) electrons. The van der Waals surface area contributed by atoms with E-state index in [2.05, 4.69) is 36.5 Å². The molecule has 0 amide bonds. The monoisotopic (exact) mass is 116 g/mol. The highest BCUT2D eigenvalue weighted by Crippen LogP contribution is 2.27. The first-order valence-electron chi connectivity index (χ1n) is 3.21. The van der Waals surface area contributed by atoms with Crippen molar-refractivity contribution in [1.29, 1.82) is 0 Å². The minimum atomic E-state index is 1.16. The fourth-order valence-corrected chi connectivity index (χ4v) is 1.07. The zero-order valence-corrected chi connectivity index (χ0v) is 5.17. The first-order valence-corrected chi connectivity index (χ1v) is 3.21. The standard InChI is InChI=1S/C9H8/c1-2-4-8-6-7-9(8)5-3-1/h1-6H,7H2. The molecule has 0 N–H and O–H groups in total. The third-order valence-electron chi connectivity index (χ3n) is 1.71. The molecule has 2 rings (SSSR count). The lowest BCUT2D eigenvalue weighted by Gasteiger charge is -2.13. The van der Waals surface area contributed by atoms with Gasteiger partial charge in [-0.2, -0.15) is 0 Å². The molecule has 0 nitrogen and oxygen atoms in total. The number of rotatable bonds is 0. The molecular formula is C9H8. The van der Waals surface area contributed by atoms with Gasteiger partial charge >= 0.3 is 0 Å². The van der Waals surface area contributed by atoms with Crippen molar-refractivity contribution >= 4 is 0 Å². The van der Waals surface area contributed by atoms with Crippen molar-refractivity contribution in [2.24, 2.45) is 0 Å². The van der Waals surface area contributed by atoms with Gasteiger partial charge in [-0.1, -0.05) is 36.5 Å². The molecule has 0 aromatic carbocycles. The van der Waals surface area contributed by atoms with E-state index in [0.717, 1.165) is 6.42 Å². The summed E-state index contributed by atoms with van der Waals surface area (Å²) in [6.07, 6.45) is 14.0. The molecule has 0 aromatic heterocycles. The highest BCUT2D eigenvalue weighted by atomic mass is 14.1. The zero-order valence-electron chi connectivity index (χ0n) is 5.17. The Bertz CT molecular complexity index is 237. The van der Waals surface area contributed by atoms with E-state index < -0.39 is 0 Å². The average molecular weight is 116 g/mol. The Morgan fingerprint density at radius 1 is 1.11 bits per heavy atom. The van der Waals surface area contributed by atoms with Crippen molar-refractivity contribution in [3.63, 3.8) is 0 Å². The topological polar surface area (TPSA) is 0 Å². The Morgan fingerprint density at radius 3 is 2.89 bits per heavy atom. The summed E-state index contributed by atoms with van der Waals surface area (Å²) < 4.78 is 0. The van der Waals surface area contributed by atoms with E-state index >= 15 is 0 Å². The molecule has 2 aliphatic carbocycles. The van der Waals surface area contributed by atoms with E-state index in [4.69, 9.17) is 0 Å². The number of allylic oxidation sites excluding steroid dienone is 8. The SMILES string of the molecule is C1=CC=C2CC=C2C=C1. The number of hydrogen-bond acceptors (Lipinski definition) is 0. The first kappa shape index (κ1) is 4.80. The third-order valence-corrected chi connectivity index (χ3v) is 1.71. The van der Waals surface area contributed by atoms with Gasteiger partial charge in [0.15, 0.2) is 0 Å². The maximum Gasteiger partial charge on any atom is -0.00825 e. The van der Waals surface area contributed by atoms with E-state index in [1.54, 1.807) is 0 Å². The minimum Gasteiger partial charge on any atom is -0.0726 e. The van der Waals surface area contributed by atoms with Crippen LogP contribution in [0, 0.1) is 0 Å². The highest BCUT2D eigenvalue weighted by Gasteiger charge is 2.08. The van der Waals surface area contributed by atoms with Crippen LogP contribution in [0.5, 0.6) is 0 Å². The van der Waals surface area contributed by atoms with Gasteiger partial charge in [0.25, 0.3) is 0 Å². The second-order valence-corrected chi connectivity index (χ2v) is 2.30. The second-order valence-electron chi connectivity index (χ2n) is 2.30. The summed E-state index contributed by atoms with van der Waals surface area (Å²) >= 11 is 0. The van der Waals surface area contributed by atoms with Crippen molar-refractivity contribution in [3.8, 4) is 0 Å². The predicted octanol–water partition coefficient (Wildman–Crippen LogP) is 2.37. The number of fused-ring (bicyclic) bond motifs is 1. The van der Waals surface area contributed by atoms with Gasteiger partial charge in [0.05, 0.1) is 0 Å². The zero-order chi connectivity index (χ0) is 6.10.